The number of benzene rings is 1. The van der Waals surface area contributed by atoms with Crippen LogP contribution in [-0.2, 0) is 19.7 Å². The van der Waals surface area contributed by atoms with Gasteiger partial charge in [-0.2, -0.15) is 0 Å². The minimum atomic E-state index is -1.78. The van der Waals surface area contributed by atoms with E-state index in [1.54, 1.807) is 25.2 Å². The summed E-state index contributed by atoms with van der Waals surface area (Å²) in [5, 5.41) is 14.6. The van der Waals surface area contributed by atoms with Gasteiger partial charge in [-0.05, 0) is 33.8 Å². The second-order valence-electron chi connectivity index (χ2n) is 8.71. The summed E-state index contributed by atoms with van der Waals surface area (Å²) in [5.41, 5.74) is -2.36. The zero-order valence-corrected chi connectivity index (χ0v) is 17.2. The molecule has 1 atom stereocenters. The van der Waals surface area contributed by atoms with Crippen molar-refractivity contribution in [1.82, 2.24) is 10.1 Å². The zero-order chi connectivity index (χ0) is 21.2. The first-order valence-electron chi connectivity index (χ1n) is 9.56. The molecule has 4 rings (SSSR count). The van der Waals surface area contributed by atoms with Crippen LogP contribution in [0.15, 0.2) is 28.8 Å². The van der Waals surface area contributed by atoms with Gasteiger partial charge in [0.05, 0.1) is 11.2 Å². The number of carbonyl (C=O) groups is 1. The van der Waals surface area contributed by atoms with E-state index in [-0.39, 0.29) is 28.9 Å². The van der Waals surface area contributed by atoms with Crippen LogP contribution in [0.3, 0.4) is 0 Å². The maximum Gasteiger partial charge on any atom is 0.497 e. The SMILES string of the molecule is CN1CC[C@@](O)(c2cc(-c3cccc(B4OC(C)(C)C(C)(C)O4)c3F)no2)C1=O. The molecule has 2 saturated heterocycles. The molecule has 2 fully saturated rings. The smallest absolute Gasteiger partial charge is 0.399 e. The van der Waals surface area contributed by atoms with Gasteiger partial charge in [-0.1, -0.05) is 17.3 Å². The molecule has 2 aliphatic heterocycles. The third-order valence-corrected chi connectivity index (χ3v) is 6.24. The number of amides is 1. The highest BCUT2D eigenvalue weighted by Gasteiger charge is 2.53. The van der Waals surface area contributed by atoms with Gasteiger partial charge in [0.15, 0.2) is 5.76 Å². The predicted molar refractivity (Wildman–Crippen MR) is 104 cm³/mol. The van der Waals surface area contributed by atoms with E-state index in [0.717, 1.165) is 0 Å². The number of aliphatic hydroxyl groups is 1. The maximum absolute atomic E-state index is 15.4. The molecule has 1 aromatic heterocycles. The molecule has 1 N–H and O–H groups in total. The van der Waals surface area contributed by atoms with Gasteiger partial charge in [-0.3, -0.25) is 4.79 Å². The Labute approximate surface area is 168 Å². The van der Waals surface area contributed by atoms with Gasteiger partial charge in [0.25, 0.3) is 5.91 Å². The fraction of sp³-hybridized carbons (Fsp3) is 0.500. The van der Waals surface area contributed by atoms with E-state index in [0.29, 0.717) is 6.54 Å². The molecule has 154 valence electrons. The van der Waals surface area contributed by atoms with E-state index < -0.39 is 35.6 Å². The van der Waals surface area contributed by atoms with Crippen molar-refractivity contribution in [1.29, 1.82) is 0 Å². The second-order valence-corrected chi connectivity index (χ2v) is 8.71. The van der Waals surface area contributed by atoms with Gasteiger partial charge >= 0.3 is 7.12 Å². The summed E-state index contributed by atoms with van der Waals surface area (Å²) in [4.78, 5) is 13.7. The van der Waals surface area contributed by atoms with E-state index >= 15 is 4.39 Å². The van der Waals surface area contributed by atoms with Gasteiger partial charge in [0.1, 0.15) is 11.5 Å². The molecule has 1 aromatic carbocycles. The lowest BCUT2D eigenvalue weighted by molar-refractivity contribution is -0.144. The number of nitrogens with zero attached hydrogens (tertiary/aromatic N) is 2. The van der Waals surface area contributed by atoms with Crippen LogP contribution < -0.4 is 5.46 Å². The zero-order valence-electron chi connectivity index (χ0n) is 17.2. The summed E-state index contributed by atoms with van der Waals surface area (Å²) in [6, 6.07) is 6.24. The molecular weight excluding hydrogens is 378 g/mol. The van der Waals surface area contributed by atoms with E-state index in [4.69, 9.17) is 13.8 Å². The number of carbonyl (C=O) groups excluding carboxylic acids is 1. The van der Waals surface area contributed by atoms with Gasteiger partial charge < -0.3 is 23.8 Å². The van der Waals surface area contributed by atoms with E-state index in [9.17, 15) is 9.90 Å². The molecule has 0 unspecified atom stereocenters. The molecule has 2 aliphatic rings. The predicted octanol–water partition coefficient (Wildman–Crippen LogP) is 1.83. The summed E-state index contributed by atoms with van der Waals surface area (Å²) in [6.45, 7) is 7.99. The Balaban J connectivity index is 1.68. The molecule has 0 aliphatic carbocycles. The van der Waals surface area contributed by atoms with Crippen LogP contribution in [0.25, 0.3) is 11.3 Å². The molecule has 0 bridgehead atoms. The molecule has 1 amide bonds. The quantitative estimate of drug-likeness (QED) is 0.789. The summed E-state index contributed by atoms with van der Waals surface area (Å²) in [7, 11) is 0.742. The lowest BCUT2D eigenvalue weighted by Gasteiger charge is -2.32. The van der Waals surface area contributed by atoms with Crippen LogP contribution in [-0.4, -0.2) is 53.0 Å². The van der Waals surface area contributed by atoms with Crippen molar-refractivity contribution in [3.63, 3.8) is 0 Å². The topological polar surface area (TPSA) is 85.0 Å². The molecule has 2 aromatic rings. The van der Waals surface area contributed by atoms with Crippen LogP contribution in [0.5, 0.6) is 0 Å². The number of rotatable bonds is 3. The van der Waals surface area contributed by atoms with Crippen molar-refractivity contribution in [3.8, 4) is 11.3 Å². The highest BCUT2D eigenvalue weighted by molar-refractivity contribution is 6.62. The van der Waals surface area contributed by atoms with Crippen LogP contribution in [0.1, 0.15) is 39.9 Å². The first-order chi connectivity index (χ1) is 13.5. The molecule has 9 heteroatoms. The first-order valence-corrected chi connectivity index (χ1v) is 9.56. The van der Waals surface area contributed by atoms with Gasteiger partial charge in [-0.15, -0.1) is 0 Å². The molecular formula is C20H24BFN2O5. The van der Waals surface area contributed by atoms with E-state index in [1.807, 2.05) is 27.7 Å². The third kappa shape index (κ3) is 2.99. The average molecular weight is 402 g/mol. The number of hydrogen-bond donors (Lipinski definition) is 1. The fourth-order valence-electron chi connectivity index (χ4n) is 3.58. The van der Waals surface area contributed by atoms with E-state index in [2.05, 4.69) is 5.16 Å². The summed E-state index contributed by atoms with van der Waals surface area (Å²) in [6.07, 6.45) is 0.188. The average Bonchev–Trinajstić information content (AvgIpc) is 3.28. The highest BCUT2D eigenvalue weighted by atomic mass is 19.1. The minimum absolute atomic E-state index is 0.00212. The molecule has 0 spiro atoms. The molecule has 0 radical (unpaired) electrons. The van der Waals surface area contributed by atoms with Crippen molar-refractivity contribution in [2.24, 2.45) is 0 Å². The first kappa shape index (κ1) is 20.1. The number of hydrogen-bond acceptors (Lipinski definition) is 6. The van der Waals surface area contributed by atoms with Crippen molar-refractivity contribution in [3.05, 3.63) is 35.8 Å². The Kier molecular flexibility index (Phi) is 4.42. The fourth-order valence-corrected chi connectivity index (χ4v) is 3.58. The molecule has 7 nitrogen and oxygen atoms in total. The van der Waals surface area contributed by atoms with Crippen LogP contribution >= 0.6 is 0 Å². The lowest BCUT2D eigenvalue weighted by atomic mass is 9.77. The van der Waals surface area contributed by atoms with Crippen LogP contribution in [0.2, 0.25) is 0 Å². The Morgan fingerprint density at radius 3 is 2.45 bits per heavy atom. The number of likely N-dealkylation sites (tertiary alicyclic amines) is 1. The Bertz CT molecular complexity index is 960. The molecule has 29 heavy (non-hydrogen) atoms. The van der Waals surface area contributed by atoms with Gasteiger partial charge in [0.2, 0.25) is 5.60 Å². The molecule has 0 saturated carbocycles. The lowest BCUT2D eigenvalue weighted by Crippen LogP contribution is -2.41. The normalized spacial score (nSPS) is 25.8. The Hall–Kier alpha value is -2.23. The number of likely N-dealkylation sites (N-methyl/N-ethyl adjacent to an activating group) is 1. The summed E-state index contributed by atoms with van der Waals surface area (Å²) >= 11 is 0. The van der Waals surface area contributed by atoms with E-state index in [1.165, 1.54) is 11.0 Å². The number of halogens is 1. The van der Waals surface area contributed by atoms with Gasteiger partial charge in [0, 0.05) is 37.1 Å². The van der Waals surface area contributed by atoms with Crippen LogP contribution in [0.4, 0.5) is 4.39 Å². The van der Waals surface area contributed by atoms with Crippen molar-refractivity contribution in [2.45, 2.75) is 50.9 Å². The minimum Gasteiger partial charge on any atom is -0.399 e. The second kappa shape index (κ2) is 6.39. The summed E-state index contributed by atoms with van der Waals surface area (Å²) in [5.74, 6) is -1.01. The highest BCUT2D eigenvalue weighted by Crippen LogP contribution is 2.38. The summed E-state index contributed by atoms with van der Waals surface area (Å²) < 4.78 is 32.5. The maximum atomic E-state index is 15.4. The van der Waals surface area contributed by atoms with Crippen molar-refractivity contribution in [2.75, 3.05) is 13.6 Å². The molecule has 3 heterocycles. The monoisotopic (exact) mass is 402 g/mol. The van der Waals surface area contributed by atoms with Crippen molar-refractivity contribution < 1.29 is 28.1 Å². The number of aromatic nitrogens is 1. The standard InChI is InChI=1S/C20H24BFN2O5/c1-18(2)19(3,4)29-21(28-18)13-8-6-7-12(16(13)22)14-11-15(27-23-14)20(26)9-10-24(5)17(20)25/h6-8,11,26H,9-10H2,1-5H3/t20-/m1/s1. The Morgan fingerprint density at radius 2 is 1.86 bits per heavy atom. The van der Waals surface area contributed by atoms with Gasteiger partial charge in [-0.25, -0.2) is 4.39 Å². The van der Waals surface area contributed by atoms with Crippen molar-refractivity contribution >= 4 is 18.5 Å². The van der Waals surface area contributed by atoms with Crippen LogP contribution in [0, 0.1) is 5.82 Å². The largest absolute Gasteiger partial charge is 0.497 e. The Morgan fingerprint density at radius 1 is 1.21 bits per heavy atom. The third-order valence-electron chi connectivity index (χ3n) is 6.24.